The third kappa shape index (κ3) is 2.23. The molecule has 1 heteroatoms. The zero-order valence-electron chi connectivity index (χ0n) is 15.3. The smallest absolute Gasteiger partial charge is 0.0722 e. The van der Waals surface area contributed by atoms with E-state index in [-0.39, 0.29) is 0 Å². The van der Waals surface area contributed by atoms with Crippen LogP contribution in [0.15, 0.2) is 103 Å². The summed E-state index contributed by atoms with van der Waals surface area (Å²) in [6.07, 6.45) is 0. The molecule has 1 aliphatic rings. The van der Waals surface area contributed by atoms with Crippen LogP contribution in [0.3, 0.4) is 0 Å². The summed E-state index contributed by atoms with van der Waals surface area (Å²) in [5, 5.41) is 1.27. The minimum Gasteiger partial charge on any atom is -0.248 e. The predicted octanol–water partition coefficient (Wildman–Crippen LogP) is 7.22. The van der Waals surface area contributed by atoms with Crippen LogP contribution in [-0.2, 0) is 0 Å². The molecular formula is C27H17N. The molecule has 0 N–H and O–H groups in total. The van der Waals surface area contributed by atoms with E-state index in [4.69, 9.17) is 4.98 Å². The fourth-order valence-corrected chi connectivity index (χ4v) is 4.29. The molecule has 1 nitrogen and oxygen atoms in total. The summed E-state index contributed by atoms with van der Waals surface area (Å²) in [6, 6.07) is 36.5. The van der Waals surface area contributed by atoms with Gasteiger partial charge in [-0.15, -0.1) is 0 Å². The minimum atomic E-state index is 1.02. The second-order valence-corrected chi connectivity index (χ2v) is 7.24. The van der Waals surface area contributed by atoms with Gasteiger partial charge in [-0.05, 0) is 45.5 Å². The van der Waals surface area contributed by atoms with Gasteiger partial charge in [0.2, 0.25) is 0 Å². The fourth-order valence-electron chi connectivity index (χ4n) is 4.29. The van der Waals surface area contributed by atoms with E-state index in [2.05, 4.69) is 97.1 Å². The lowest BCUT2D eigenvalue weighted by Gasteiger charge is -2.08. The standard InChI is InChI=1S/C27H17N/c1-2-7-18(8-3-1)19-13-15-20(16-14-19)26-17-24-22-10-5-4-9-21(22)23-11-6-12-25(28-26)27(23)24/h1-17H. The number of fused-ring (bicyclic) bond motifs is 3. The molecule has 0 saturated heterocycles. The first kappa shape index (κ1) is 15.4. The van der Waals surface area contributed by atoms with Crippen LogP contribution in [0.5, 0.6) is 0 Å². The summed E-state index contributed by atoms with van der Waals surface area (Å²) in [5.74, 6) is 0. The zero-order valence-corrected chi connectivity index (χ0v) is 15.3. The first-order valence-electron chi connectivity index (χ1n) is 9.58. The zero-order chi connectivity index (χ0) is 18.5. The maximum atomic E-state index is 4.99. The molecule has 1 aromatic heterocycles. The average molecular weight is 355 g/mol. The molecule has 0 saturated carbocycles. The van der Waals surface area contributed by atoms with Gasteiger partial charge in [0.15, 0.2) is 0 Å². The summed E-state index contributed by atoms with van der Waals surface area (Å²) >= 11 is 0. The van der Waals surface area contributed by atoms with Crippen LogP contribution in [0, 0.1) is 0 Å². The van der Waals surface area contributed by atoms with Crippen LogP contribution in [0.1, 0.15) is 0 Å². The fraction of sp³-hybridized carbons (Fsp3) is 0. The maximum Gasteiger partial charge on any atom is 0.0722 e. The molecule has 0 amide bonds. The Morgan fingerprint density at radius 1 is 0.429 bits per heavy atom. The second-order valence-electron chi connectivity index (χ2n) is 7.24. The van der Waals surface area contributed by atoms with Crippen molar-refractivity contribution in [2.45, 2.75) is 0 Å². The SMILES string of the molecule is c1ccc(-c2ccc(-c3cc4c5c(cccc5n3)-c3ccccc3-4)cc2)cc1. The van der Waals surface area contributed by atoms with Gasteiger partial charge in [-0.1, -0.05) is 91.0 Å². The molecule has 0 unspecified atom stereocenters. The highest BCUT2D eigenvalue weighted by Gasteiger charge is 2.22. The van der Waals surface area contributed by atoms with Gasteiger partial charge in [-0.2, -0.15) is 0 Å². The highest BCUT2D eigenvalue weighted by atomic mass is 14.7. The van der Waals surface area contributed by atoms with Crippen LogP contribution >= 0.6 is 0 Å². The summed E-state index contributed by atoms with van der Waals surface area (Å²) in [4.78, 5) is 4.99. The Morgan fingerprint density at radius 2 is 1.04 bits per heavy atom. The van der Waals surface area contributed by atoms with Gasteiger partial charge in [-0.3, -0.25) is 0 Å². The Kier molecular flexibility index (Phi) is 3.24. The van der Waals surface area contributed by atoms with Crippen molar-refractivity contribution in [1.82, 2.24) is 4.98 Å². The van der Waals surface area contributed by atoms with Crippen LogP contribution < -0.4 is 0 Å². The monoisotopic (exact) mass is 355 g/mol. The van der Waals surface area contributed by atoms with Gasteiger partial charge in [-0.25, -0.2) is 4.98 Å². The van der Waals surface area contributed by atoms with Crippen molar-refractivity contribution in [3.63, 3.8) is 0 Å². The molecule has 0 aliphatic heterocycles. The van der Waals surface area contributed by atoms with Gasteiger partial charge in [0.1, 0.15) is 0 Å². The molecule has 5 aromatic rings. The Balaban J connectivity index is 1.52. The Morgan fingerprint density at radius 3 is 1.82 bits per heavy atom. The van der Waals surface area contributed by atoms with Gasteiger partial charge in [0.05, 0.1) is 11.2 Å². The van der Waals surface area contributed by atoms with Gasteiger partial charge in [0.25, 0.3) is 0 Å². The summed E-state index contributed by atoms with van der Waals surface area (Å²) < 4.78 is 0. The summed E-state index contributed by atoms with van der Waals surface area (Å²) in [6.45, 7) is 0. The molecule has 0 atom stereocenters. The molecule has 0 bridgehead atoms. The number of aromatic nitrogens is 1. The van der Waals surface area contributed by atoms with Crippen molar-refractivity contribution < 1.29 is 0 Å². The van der Waals surface area contributed by atoms with Crippen molar-refractivity contribution in [3.05, 3.63) is 103 Å². The molecule has 0 fully saturated rings. The first-order valence-corrected chi connectivity index (χ1v) is 9.58. The lowest BCUT2D eigenvalue weighted by molar-refractivity contribution is 1.40. The highest BCUT2D eigenvalue weighted by molar-refractivity contribution is 6.14. The van der Waals surface area contributed by atoms with E-state index in [1.165, 1.54) is 38.8 Å². The van der Waals surface area contributed by atoms with Crippen LogP contribution in [-0.4, -0.2) is 4.98 Å². The van der Waals surface area contributed by atoms with E-state index in [1.54, 1.807) is 0 Å². The van der Waals surface area contributed by atoms with Crippen molar-refractivity contribution in [2.24, 2.45) is 0 Å². The third-order valence-corrected chi connectivity index (χ3v) is 5.63. The quantitative estimate of drug-likeness (QED) is 0.319. The molecule has 4 aromatic carbocycles. The maximum absolute atomic E-state index is 4.99. The first-order chi connectivity index (χ1) is 13.9. The lowest BCUT2D eigenvalue weighted by Crippen LogP contribution is -1.88. The number of rotatable bonds is 2. The van der Waals surface area contributed by atoms with Crippen LogP contribution in [0.4, 0.5) is 0 Å². The molecule has 0 spiro atoms. The molecule has 0 radical (unpaired) electrons. The molecule has 28 heavy (non-hydrogen) atoms. The number of pyridine rings is 1. The van der Waals surface area contributed by atoms with Gasteiger partial charge >= 0.3 is 0 Å². The normalized spacial score (nSPS) is 11.6. The lowest BCUT2D eigenvalue weighted by atomic mass is 10.00. The Bertz CT molecular complexity index is 1330. The van der Waals surface area contributed by atoms with E-state index in [9.17, 15) is 0 Å². The van der Waals surface area contributed by atoms with E-state index in [0.717, 1.165) is 16.8 Å². The number of benzene rings is 4. The van der Waals surface area contributed by atoms with E-state index >= 15 is 0 Å². The second kappa shape index (κ2) is 5.90. The number of nitrogens with zero attached hydrogens (tertiary/aromatic N) is 1. The highest BCUT2D eigenvalue weighted by Crippen LogP contribution is 2.47. The van der Waals surface area contributed by atoms with Crippen molar-refractivity contribution in [2.75, 3.05) is 0 Å². The van der Waals surface area contributed by atoms with Crippen LogP contribution in [0.2, 0.25) is 0 Å². The van der Waals surface area contributed by atoms with Crippen LogP contribution in [0.25, 0.3) is 55.5 Å². The Labute approximate surface area is 163 Å². The summed E-state index contributed by atoms with van der Waals surface area (Å²) in [7, 11) is 0. The molecule has 1 aliphatic carbocycles. The van der Waals surface area contributed by atoms with Gasteiger partial charge < -0.3 is 0 Å². The molecule has 6 rings (SSSR count). The van der Waals surface area contributed by atoms with E-state index < -0.39 is 0 Å². The van der Waals surface area contributed by atoms with E-state index in [1.807, 2.05) is 6.07 Å². The number of hydrogen-bond acceptors (Lipinski definition) is 1. The van der Waals surface area contributed by atoms with Crippen molar-refractivity contribution in [3.8, 4) is 44.6 Å². The Hall–Kier alpha value is -3.71. The molecule has 130 valence electrons. The van der Waals surface area contributed by atoms with Crippen molar-refractivity contribution in [1.29, 1.82) is 0 Å². The topological polar surface area (TPSA) is 12.9 Å². The summed E-state index contributed by atoms with van der Waals surface area (Å²) in [5.41, 5.74) is 10.9. The van der Waals surface area contributed by atoms with E-state index in [0.29, 0.717) is 0 Å². The minimum absolute atomic E-state index is 1.02. The van der Waals surface area contributed by atoms with Crippen molar-refractivity contribution >= 4 is 10.9 Å². The largest absolute Gasteiger partial charge is 0.248 e. The average Bonchev–Trinajstić information content (AvgIpc) is 3.10. The predicted molar refractivity (Wildman–Crippen MR) is 117 cm³/mol. The van der Waals surface area contributed by atoms with Gasteiger partial charge in [0, 0.05) is 10.9 Å². The third-order valence-electron chi connectivity index (χ3n) is 5.63. The molecule has 1 heterocycles. The number of hydrogen-bond donors (Lipinski definition) is 0. The molecular weight excluding hydrogens is 338 g/mol.